The molecule has 114 valence electrons. The molecule has 1 amide bonds. The Bertz CT molecular complexity index is 486. The van der Waals surface area contributed by atoms with Crippen LogP contribution in [0.15, 0.2) is 29.2 Å². The van der Waals surface area contributed by atoms with Crippen LogP contribution in [0.25, 0.3) is 0 Å². The Balaban J connectivity index is 1.59. The molecule has 1 aromatic carbocycles. The molecule has 0 spiro atoms. The normalized spacial score (nSPS) is 22.9. The van der Waals surface area contributed by atoms with Gasteiger partial charge in [-0.15, -0.1) is 23.4 Å². The smallest absolute Gasteiger partial charge is 0.236 e. The molecule has 2 aliphatic rings. The average Bonchev–Trinajstić information content (AvgIpc) is 2.80. The lowest BCUT2D eigenvalue weighted by atomic mass is 10.1. The van der Waals surface area contributed by atoms with Gasteiger partial charge in [-0.25, -0.2) is 0 Å². The Kier molecular flexibility index (Phi) is 5.09. The Hall–Kier alpha value is -0.710. The first-order valence-corrected chi connectivity index (χ1v) is 9.01. The van der Waals surface area contributed by atoms with E-state index in [1.54, 1.807) is 11.8 Å². The third-order valence-corrected chi connectivity index (χ3v) is 5.70. The summed E-state index contributed by atoms with van der Waals surface area (Å²) in [6.07, 6.45) is 1.93. The number of benzene rings is 1. The monoisotopic (exact) mass is 324 g/mol. The average molecular weight is 325 g/mol. The molecule has 2 aliphatic heterocycles. The van der Waals surface area contributed by atoms with Crippen LogP contribution in [0.2, 0.25) is 0 Å². The van der Waals surface area contributed by atoms with Gasteiger partial charge in [0.15, 0.2) is 0 Å². The Morgan fingerprint density at radius 3 is 2.90 bits per heavy atom. The van der Waals surface area contributed by atoms with Crippen LogP contribution in [-0.4, -0.2) is 59.6 Å². The zero-order valence-corrected chi connectivity index (χ0v) is 13.7. The molecule has 3 rings (SSSR count). The summed E-state index contributed by atoms with van der Waals surface area (Å²) >= 11 is 7.55. The van der Waals surface area contributed by atoms with Crippen LogP contribution < -0.4 is 0 Å². The van der Waals surface area contributed by atoms with E-state index in [0.29, 0.717) is 11.8 Å². The molecule has 1 saturated heterocycles. The van der Waals surface area contributed by atoms with Gasteiger partial charge in [-0.1, -0.05) is 18.2 Å². The highest BCUT2D eigenvalue weighted by molar-refractivity contribution is 8.01. The Morgan fingerprint density at radius 2 is 2.10 bits per heavy atom. The number of carbonyl (C=O) groups excluding carboxylic acids is 1. The minimum atomic E-state index is 0.0713. The molecule has 1 unspecified atom stereocenters. The summed E-state index contributed by atoms with van der Waals surface area (Å²) in [5.41, 5.74) is 1.32. The van der Waals surface area contributed by atoms with Crippen molar-refractivity contribution in [3.05, 3.63) is 29.8 Å². The van der Waals surface area contributed by atoms with E-state index in [2.05, 4.69) is 34.1 Å². The number of hydrogen-bond acceptors (Lipinski definition) is 3. The second-order valence-electron chi connectivity index (χ2n) is 5.63. The summed E-state index contributed by atoms with van der Waals surface area (Å²) in [5, 5.41) is 0.0713. The molecule has 0 aliphatic carbocycles. The fourth-order valence-corrected chi connectivity index (χ4v) is 4.58. The maximum Gasteiger partial charge on any atom is 0.236 e. The molecule has 1 atom stereocenters. The van der Waals surface area contributed by atoms with E-state index >= 15 is 0 Å². The molecule has 0 radical (unpaired) electrons. The lowest BCUT2D eigenvalue weighted by molar-refractivity contribution is -0.130. The zero-order chi connectivity index (χ0) is 14.7. The molecule has 1 fully saturated rings. The minimum Gasteiger partial charge on any atom is -0.340 e. The first kappa shape index (κ1) is 15.2. The van der Waals surface area contributed by atoms with Gasteiger partial charge >= 0.3 is 0 Å². The van der Waals surface area contributed by atoms with Crippen molar-refractivity contribution in [2.24, 2.45) is 0 Å². The second-order valence-corrected chi connectivity index (χ2v) is 7.25. The number of amides is 1. The highest BCUT2D eigenvalue weighted by Gasteiger charge is 2.31. The summed E-state index contributed by atoms with van der Waals surface area (Å²) < 4.78 is 0. The van der Waals surface area contributed by atoms with Gasteiger partial charge in [-0.05, 0) is 31.0 Å². The van der Waals surface area contributed by atoms with Crippen LogP contribution >= 0.6 is 23.4 Å². The lowest BCUT2D eigenvalue weighted by Gasteiger charge is -2.24. The Morgan fingerprint density at radius 1 is 1.24 bits per heavy atom. The SMILES string of the molecule is O=C(C1Cc2ccccc2S1)N1CCCN(CCCl)CC1. The molecule has 2 heterocycles. The number of nitrogens with zero attached hydrogens (tertiary/aromatic N) is 2. The molecular weight excluding hydrogens is 304 g/mol. The number of alkyl halides is 1. The van der Waals surface area contributed by atoms with Crippen molar-refractivity contribution < 1.29 is 4.79 Å². The van der Waals surface area contributed by atoms with Crippen LogP contribution in [0, 0.1) is 0 Å². The number of thioether (sulfide) groups is 1. The molecule has 0 N–H and O–H groups in total. The molecule has 0 bridgehead atoms. The van der Waals surface area contributed by atoms with Crippen molar-refractivity contribution in [3.63, 3.8) is 0 Å². The first-order valence-electron chi connectivity index (χ1n) is 7.59. The van der Waals surface area contributed by atoms with Gasteiger partial charge in [-0.2, -0.15) is 0 Å². The standard InChI is InChI=1S/C16H21ClN2OS/c17-6-9-18-7-3-8-19(11-10-18)16(20)15-12-13-4-1-2-5-14(13)21-15/h1-2,4-5,15H,3,6-12H2. The van der Waals surface area contributed by atoms with E-state index in [-0.39, 0.29) is 5.25 Å². The second kappa shape index (κ2) is 7.03. The summed E-state index contributed by atoms with van der Waals surface area (Å²) in [4.78, 5) is 18.4. The van der Waals surface area contributed by atoms with Gasteiger partial charge in [0.05, 0.1) is 5.25 Å². The predicted octanol–water partition coefficient (Wildman–Crippen LogP) is 2.48. The van der Waals surface area contributed by atoms with Crippen LogP contribution in [0.4, 0.5) is 0 Å². The van der Waals surface area contributed by atoms with Gasteiger partial charge in [0.25, 0.3) is 0 Å². The lowest BCUT2D eigenvalue weighted by Crippen LogP contribution is -2.40. The van der Waals surface area contributed by atoms with E-state index in [4.69, 9.17) is 11.6 Å². The number of halogens is 1. The van der Waals surface area contributed by atoms with Crippen LogP contribution in [-0.2, 0) is 11.2 Å². The van der Waals surface area contributed by atoms with Crippen molar-refractivity contribution in [2.45, 2.75) is 23.0 Å². The molecule has 3 nitrogen and oxygen atoms in total. The number of rotatable bonds is 3. The van der Waals surface area contributed by atoms with Gasteiger partial charge in [0, 0.05) is 37.0 Å². The molecular formula is C16H21ClN2OS. The molecule has 1 aromatic rings. The van der Waals surface area contributed by atoms with Crippen LogP contribution in [0.5, 0.6) is 0 Å². The largest absolute Gasteiger partial charge is 0.340 e. The predicted molar refractivity (Wildman–Crippen MR) is 88.1 cm³/mol. The highest BCUT2D eigenvalue weighted by atomic mass is 35.5. The number of carbonyl (C=O) groups is 1. The summed E-state index contributed by atoms with van der Waals surface area (Å²) in [6, 6.07) is 8.37. The zero-order valence-electron chi connectivity index (χ0n) is 12.1. The van der Waals surface area contributed by atoms with Gasteiger partial charge in [0.1, 0.15) is 0 Å². The van der Waals surface area contributed by atoms with E-state index < -0.39 is 0 Å². The van der Waals surface area contributed by atoms with Crippen molar-refractivity contribution in [3.8, 4) is 0 Å². The summed E-state index contributed by atoms with van der Waals surface area (Å²) in [5.74, 6) is 0.978. The molecule has 0 saturated carbocycles. The maximum absolute atomic E-state index is 12.7. The highest BCUT2D eigenvalue weighted by Crippen LogP contribution is 2.37. The van der Waals surface area contributed by atoms with E-state index in [0.717, 1.165) is 45.6 Å². The van der Waals surface area contributed by atoms with Crippen molar-refractivity contribution in [1.29, 1.82) is 0 Å². The number of fused-ring (bicyclic) bond motifs is 1. The van der Waals surface area contributed by atoms with Gasteiger partial charge in [0.2, 0.25) is 5.91 Å². The van der Waals surface area contributed by atoms with Crippen molar-refractivity contribution >= 4 is 29.3 Å². The summed E-state index contributed by atoms with van der Waals surface area (Å²) in [7, 11) is 0. The van der Waals surface area contributed by atoms with E-state index in [1.807, 2.05) is 0 Å². The minimum absolute atomic E-state index is 0.0713. The molecule has 21 heavy (non-hydrogen) atoms. The van der Waals surface area contributed by atoms with Crippen LogP contribution in [0.3, 0.4) is 0 Å². The fraction of sp³-hybridized carbons (Fsp3) is 0.562. The Labute approximate surface area is 135 Å². The van der Waals surface area contributed by atoms with Crippen molar-refractivity contribution in [2.75, 3.05) is 38.6 Å². The topological polar surface area (TPSA) is 23.6 Å². The molecule has 0 aromatic heterocycles. The third-order valence-electron chi connectivity index (χ3n) is 4.22. The van der Waals surface area contributed by atoms with Gasteiger partial charge < -0.3 is 9.80 Å². The van der Waals surface area contributed by atoms with E-state index in [1.165, 1.54) is 10.5 Å². The number of hydrogen-bond donors (Lipinski definition) is 0. The fourth-order valence-electron chi connectivity index (χ4n) is 3.06. The third kappa shape index (κ3) is 3.55. The van der Waals surface area contributed by atoms with E-state index in [9.17, 15) is 4.79 Å². The van der Waals surface area contributed by atoms with Crippen LogP contribution in [0.1, 0.15) is 12.0 Å². The quantitative estimate of drug-likeness (QED) is 0.798. The maximum atomic E-state index is 12.7. The first-order chi connectivity index (χ1) is 10.3. The van der Waals surface area contributed by atoms with Crippen molar-refractivity contribution in [1.82, 2.24) is 9.80 Å². The summed E-state index contributed by atoms with van der Waals surface area (Å²) in [6.45, 7) is 4.64. The van der Waals surface area contributed by atoms with Gasteiger partial charge in [-0.3, -0.25) is 4.79 Å². The molecule has 5 heteroatoms.